The van der Waals surface area contributed by atoms with E-state index in [0.717, 1.165) is 19.4 Å². The van der Waals surface area contributed by atoms with Crippen LogP contribution in [0.15, 0.2) is 35.2 Å². The second-order valence-corrected chi connectivity index (χ2v) is 6.92. The molecule has 0 aliphatic carbocycles. The molecule has 0 aliphatic rings. The van der Waals surface area contributed by atoms with Gasteiger partial charge in [0, 0.05) is 29.4 Å². The summed E-state index contributed by atoms with van der Waals surface area (Å²) < 4.78 is 26.9. The zero-order valence-corrected chi connectivity index (χ0v) is 13.0. The van der Waals surface area contributed by atoms with Gasteiger partial charge in [0.15, 0.2) is 9.84 Å². The predicted octanol–water partition coefficient (Wildman–Crippen LogP) is 1.93. The Morgan fingerprint density at radius 1 is 1.22 bits per heavy atom. The molecule has 0 fully saturated rings. The van der Waals surface area contributed by atoms with Crippen LogP contribution in [0.1, 0.15) is 19.3 Å². The summed E-state index contributed by atoms with van der Waals surface area (Å²) in [7, 11) is -3.37. The topological polar surface area (TPSA) is 66.4 Å². The average molecular weight is 383 g/mol. The first kappa shape index (κ1) is 15.9. The van der Waals surface area contributed by atoms with E-state index in [-0.39, 0.29) is 10.6 Å². The molecule has 0 spiro atoms. The van der Waals surface area contributed by atoms with E-state index in [2.05, 4.69) is 26.4 Å². The Morgan fingerprint density at radius 3 is 2.50 bits per heavy atom. The van der Waals surface area contributed by atoms with Gasteiger partial charge in [0.2, 0.25) is 0 Å². The van der Waals surface area contributed by atoms with E-state index in [1.807, 2.05) is 0 Å². The molecule has 1 aromatic carbocycles. The van der Waals surface area contributed by atoms with Gasteiger partial charge < -0.3 is 5.11 Å². The van der Waals surface area contributed by atoms with Crippen molar-refractivity contribution in [1.29, 1.82) is 0 Å². The number of hydrogen-bond donors (Lipinski definition) is 2. The normalized spacial score (nSPS) is 13.4. The molecule has 0 amide bonds. The highest BCUT2D eigenvalue weighted by Crippen LogP contribution is 2.13. The fourth-order valence-electron chi connectivity index (χ4n) is 1.63. The molecule has 1 atom stereocenters. The Balaban J connectivity index is 2.46. The molecular formula is C12H18INO3S. The summed E-state index contributed by atoms with van der Waals surface area (Å²) in [5.74, 6) is -0.200. The maximum atomic E-state index is 12.0. The number of aliphatic hydroxyl groups excluding tert-OH is 1. The van der Waals surface area contributed by atoms with Crippen LogP contribution < -0.4 is 3.53 Å². The molecule has 0 saturated heterocycles. The van der Waals surface area contributed by atoms with Gasteiger partial charge >= 0.3 is 0 Å². The molecular weight excluding hydrogens is 365 g/mol. The van der Waals surface area contributed by atoms with E-state index >= 15 is 0 Å². The smallest absolute Gasteiger partial charge is 0.180 e. The van der Waals surface area contributed by atoms with Crippen LogP contribution >= 0.6 is 22.9 Å². The fourth-order valence-corrected chi connectivity index (χ4v) is 3.45. The molecule has 4 nitrogen and oxygen atoms in total. The van der Waals surface area contributed by atoms with Crippen LogP contribution in [0.2, 0.25) is 0 Å². The lowest BCUT2D eigenvalue weighted by atomic mass is 10.2. The zero-order chi connectivity index (χ0) is 13.4. The van der Waals surface area contributed by atoms with Crippen LogP contribution in [-0.2, 0) is 9.84 Å². The van der Waals surface area contributed by atoms with Crippen molar-refractivity contribution in [1.82, 2.24) is 3.53 Å². The Morgan fingerprint density at radius 2 is 1.89 bits per heavy atom. The van der Waals surface area contributed by atoms with Gasteiger partial charge in [0.25, 0.3) is 0 Å². The van der Waals surface area contributed by atoms with Gasteiger partial charge in [-0.15, -0.1) is 0 Å². The summed E-state index contributed by atoms with van der Waals surface area (Å²) in [5.41, 5.74) is 0. The van der Waals surface area contributed by atoms with E-state index in [0.29, 0.717) is 6.42 Å². The summed E-state index contributed by atoms with van der Waals surface area (Å²) in [4.78, 5) is 0.276. The molecule has 6 heteroatoms. The lowest BCUT2D eigenvalue weighted by Gasteiger charge is -2.11. The van der Waals surface area contributed by atoms with Crippen molar-refractivity contribution >= 4 is 32.7 Å². The Labute approximate surface area is 122 Å². The number of benzene rings is 1. The van der Waals surface area contributed by atoms with Crippen molar-refractivity contribution in [2.75, 3.05) is 12.3 Å². The molecule has 0 radical (unpaired) electrons. The van der Waals surface area contributed by atoms with Gasteiger partial charge in [-0.2, -0.15) is 0 Å². The molecule has 0 saturated carbocycles. The third-order valence-corrected chi connectivity index (χ3v) is 4.93. The van der Waals surface area contributed by atoms with Crippen molar-refractivity contribution in [3.63, 3.8) is 0 Å². The SMILES string of the molecule is O=S(=O)(C[C@@H](O)CCCCNI)c1ccccc1. The fraction of sp³-hybridized carbons (Fsp3) is 0.500. The highest BCUT2D eigenvalue weighted by atomic mass is 127. The van der Waals surface area contributed by atoms with Crippen molar-refractivity contribution in [2.24, 2.45) is 0 Å². The first-order valence-corrected chi connectivity index (χ1v) is 8.59. The Bertz CT molecular complexity index is 436. The Kier molecular flexibility index (Phi) is 7.13. The number of halogens is 1. The van der Waals surface area contributed by atoms with Crippen LogP contribution in [0.3, 0.4) is 0 Å². The highest BCUT2D eigenvalue weighted by Gasteiger charge is 2.18. The van der Waals surface area contributed by atoms with Gasteiger partial charge in [0.05, 0.1) is 16.8 Å². The summed E-state index contributed by atoms with van der Waals surface area (Å²) in [6, 6.07) is 8.26. The van der Waals surface area contributed by atoms with E-state index < -0.39 is 15.9 Å². The lowest BCUT2D eigenvalue weighted by Crippen LogP contribution is -2.21. The van der Waals surface area contributed by atoms with Crippen molar-refractivity contribution in [3.8, 4) is 0 Å². The van der Waals surface area contributed by atoms with Gasteiger partial charge in [-0.3, -0.25) is 3.53 Å². The molecule has 1 aromatic rings. The zero-order valence-electron chi connectivity index (χ0n) is 10.0. The van der Waals surface area contributed by atoms with E-state index in [4.69, 9.17) is 0 Å². The van der Waals surface area contributed by atoms with Gasteiger partial charge in [0.1, 0.15) is 0 Å². The van der Waals surface area contributed by atoms with Crippen molar-refractivity contribution in [2.45, 2.75) is 30.3 Å². The van der Waals surface area contributed by atoms with Gasteiger partial charge in [-0.05, 0) is 31.4 Å². The predicted molar refractivity (Wildman–Crippen MR) is 80.4 cm³/mol. The van der Waals surface area contributed by atoms with Crippen molar-refractivity contribution < 1.29 is 13.5 Å². The van der Waals surface area contributed by atoms with Crippen LogP contribution in [0.25, 0.3) is 0 Å². The maximum Gasteiger partial charge on any atom is 0.180 e. The molecule has 0 aromatic heterocycles. The summed E-state index contributed by atoms with van der Waals surface area (Å²) in [6.07, 6.45) is 1.49. The number of aliphatic hydroxyl groups is 1. The minimum atomic E-state index is -3.37. The quantitative estimate of drug-likeness (QED) is 0.409. The average Bonchev–Trinajstić information content (AvgIpc) is 2.35. The van der Waals surface area contributed by atoms with Gasteiger partial charge in [-0.1, -0.05) is 18.2 Å². The largest absolute Gasteiger partial charge is 0.392 e. The van der Waals surface area contributed by atoms with Gasteiger partial charge in [-0.25, -0.2) is 8.42 Å². The third-order valence-electron chi connectivity index (χ3n) is 2.57. The Hall–Kier alpha value is -0.180. The van der Waals surface area contributed by atoms with E-state index in [1.165, 1.54) is 0 Å². The van der Waals surface area contributed by atoms with Crippen LogP contribution in [0.4, 0.5) is 0 Å². The molecule has 0 unspecified atom stereocenters. The van der Waals surface area contributed by atoms with Crippen LogP contribution in [0, 0.1) is 0 Å². The first-order valence-electron chi connectivity index (χ1n) is 5.85. The molecule has 0 aliphatic heterocycles. The molecule has 18 heavy (non-hydrogen) atoms. The highest BCUT2D eigenvalue weighted by molar-refractivity contribution is 14.1. The number of hydrogen-bond acceptors (Lipinski definition) is 4. The van der Waals surface area contributed by atoms with Crippen LogP contribution in [-0.4, -0.2) is 31.9 Å². The number of sulfone groups is 1. The minimum Gasteiger partial charge on any atom is -0.392 e. The summed E-state index contributed by atoms with van der Waals surface area (Å²) >= 11 is 2.07. The first-order chi connectivity index (χ1) is 8.56. The third kappa shape index (κ3) is 5.64. The maximum absolute atomic E-state index is 12.0. The summed E-state index contributed by atoms with van der Waals surface area (Å²) in [5, 5.41) is 9.74. The summed E-state index contributed by atoms with van der Waals surface area (Å²) in [6.45, 7) is 0.874. The molecule has 102 valence electrons. The standard InChI is InChI=1S/C12H18INO3S/c13-14-9-5-4-6-11(15)10-18(16,17)12-7-2-1-3-8-12/h1-3,7-8,11,14-15H,4-6,9-10H2/t11-/m0/s1. The number of nitrogens with one attached hydrogen (secondary N) is 1. The lowest BCUT2D eigenvalue weighted by molar-refractivity contribution is 0.183. The van der Waals surface area contributed by atoms with Crippen molar-refractivity contribution in [3.05, 3.63) is 30.3 Å². The molecule has 1 rings (SSSR count). The number of unbranched alkanes of at least 4 members (excludes halogenated alkanes) is 1. The van der Waals surface area contributed by atoms with E-state index in [9.17, 15) is 13.5 Å². The minimum absolute atomic E-state index is 0.200. The van der Waals surface area contributed by atoms with E-state index in [1.54, 1.807) is 30.3 Å². The molecule has 0 heterocycles. The molecule has 0 bridgehead atoms. The monoisotopic (exact) mass is 383 g/mol. The second-order valence-electron chi connectivity index (χ2n) is 4.13. The second kappa shape index (κ2) is 8.08. The van der Waals surface area contributed by atoms with Crippen LogP contribution in [0.5, 0.6) is 0 Å². The molecule has 2 N–H and O–H groups in total. The number of rotatable bonds is 8.